The Labute approximate surface area is 82.7 Å². The van der Waals surface area contributed by atoms with E-state index < -0.39 is 0 Å². The van der Waals surface area contributed by atoms with Crippen LogP contribution in [-0.2, 0) is 6.54 Å². The van der Waals surface area contributed by atoms with Gasteiger partial charge in [-0.25, -0.2) is 0 Å². The summed E-state index contributed by atoms with van der Waals surface area (Å²) in [6.07, 6.45) is 3.29. The molecule has 0 aromatic heterocycles. The maximum atomic E-state index is 7.58. The Morgan fingerprint density at radius 1 is 0.929 bits per heavy atom. The van der Waals surface area contributed by atoms with Gasteiger partial charge in [0.1, 0.15) is 11.7 Å². The van der Waals surface area contributed by atoms with Gasteiger partial charge in [0.05, 0.1) is 6.54 Å². The highest BCUT2D eigenvalue weighted by Gasteiger charge is 2.16. The molecule has 0 aliphatic carbocycles. The largest absolute Gasteiger partial charge is 0.307 e. The lowest BCUT2D eigenvalue weighted by molar-refractivity contribution is 0.610. The Morgan fingerprint density at radius 3 is 2.07 bits per heavy atom. The van der Waals surface area contributed by atoms with E-state index in [-0.39, 0.29) is 0 Å². The molecule has 0 saturated carbocycles. The van der Waals surface area contributed by atoms with Crippen LogP contribution in [0.1, 0.15) is 5.56 Å². The van der Waals surface area contributed by atoms with Crippen molar-refractivity contribution in [3.63, 3.8) is 0 Å². The fourth-order valence-corrected chi connectivity index (χ4v) is 1.40. The molecule has 0 unspecified atom stereocenters. The Morgan fingerprint density at radius 2 is 1.50 bits per heavy atom. The van der Waals surface area contributed by atoms with Crippen molar-refractivity contribution in [2.75, 3.05) is 0 Å². The molecule has 70 valence electrons. The summed E-state index contributed by atoms with van der Waals surface area (Å²) >= 11 is 0. The quantitative estimate of drug-likeness (QED) is 0.727. The summed E-state index contributed by atoms with van der Waals surface area (Å²) in [4.78, 5) is 1.66. The first-order valence-corrected chi connectivity index (χ1v) is 4.44. The van der Waals surface area contributed by atoms with Crippen LogP contribution in [0.4, 0.5) is 0 Å². The Balaban J connectivity index is 2.13. The van der Waals surface area contributed by atoms with E-state index in [2.05, 4.69) is 0 Å². The van der Waals surface area contributed by atoms with Gasteiger partial charge in [-0.3, -0.25) is 10.8 Å². The molecule has 0 amide bonds. The third kappa shape index (κ3) is 1.57. The maximum absolute atomic E-state index is 7.58. The van der Waals surface area contributed by atoms with Crippen molar-refractivity contribution in [2.24, 2.45) is 0 Å². The second-order valence-electron chi connectivity index (χ2n) is 3.18. The van der Waals surface area contributed by atoms with Crippen LogP contribution in [0.15, 0.2) is 42.5 Å². The summed E-state index contributed by atoms with van der Waals surface area (Å²) in [5.74, 6) is 0.776. The minimum Gasteiger partial charge on any atom is -0.307 e. The lowest BCUT2D eigenvalue weighted by Gasteiger charge is -2.17. The molecule has 0 radical (unpaired) electrons. The molecule has 0 fully saturated rings. The molecule has 14 heavy (non-hydrogen) atoms. The van der Waals surface area contributed by atoms with Gasteiger partial charge < -0.3 is 4.90 Å². The minimum absolute atomic E-state index is 0.388. The zero-order chi connectivity index (χ0) is 9.97. The standard InChI is InChI=1S/C11H11N3/c12-10-6-7-11(13)14(10)8-9-4-2-1-3-5-9/h1-7,12-13H,8H2. The van der Waals surface area contributed by atoms with E-state index in [0.717, 1.165) is 5.56 Å². The van der Waals surface area contributed by atoms with Crippen LogP contribution in [0, 0.1) is 10.8 Å². The summed E-state index contributed by atoms with van der Waals surface area (Å²) in [6, 6.07) is 9.89. The molecule has 0 bridgehead atoms. The number of rotatable bonds is 2. The molecular weight excluding hydrogens is 174 g/mol. The highest BCUT2D eigenvalue weighted by Crippen LogP contribution is 2.10. The van der Waals surface area contributed by atoms with Gasteiger partial charge in [0, 0.05) is 0 Å². The minimum atomic E-state index is 0.388. The highest BCUT2D eigenvalue weighted by atomic mass is 15.2. The monoisotopic (exact) mass is 185 g/mol. The van der Waals surface area contributed by atoms with Crippen LogP contribution in [-0.4, -0.2) is 16.6 Å². The molecule has 0 saturated heterocycles. The number of amidine groups is 2. The average molecular weight is 185 g/mol. The maximum Gasteiger partial charge on any atom is 0.126 e. The second kappa shape index (κ2) is 3.46. The topological polar surface area (TPSA) is 50.9 Å². The van der Waals surface area contributed by atoms with E-state index in [1.807, 2.05) is 30.3 Å². The van der Waals surface area contributed by atoms with Crippen LogP contribution in [0.3, 0.4) is 0 Å². The number of nitrogens with one attached hydrogen (secondary N) is 2. The van der Waals surface area contributed by atoms with Crippen molar-refractivity contribution in [3.05, 3.63) is 48.0 Å². The van der Waals surface area contributed by atoms with Crippen LogP contribution in [0.25, 0.3) is 0 Å². The normalized spacial score (nSPS) is 15.3. The van der Waals surface area contributed by atoms with E-state index >= 15 is 0 Å². The van der Waals surface area contributed by atoms with Gasteiger partial charge in [0.15, 0.2) is 0 Å². The SMILES string of the molecule is N=C1C=CC(=N)N1Cc1ccccc1. The first kappa shape index (κ1) is 8.69. The molecule has 1 aliphatic heterocycles. The van der Waals surface area contributed by atoms with Crippen molar-refractivity contribution in [1.29, 1.82) is 10.8 Å². The highest BCUT2D eigenvalue weighted by molar-refractivity contribution is 6.15. The third-order valence-electron chi connectivity index (χ3n) is 2.16. The van der Waals surface area contributed by atoms with Crippen LogP contribution in [0.5, 0.6) is 0 Å². The zero-order valence-corrected chi connectivity index (χ0v) is 7.70. The van der Waals surface area contributed by atoms with E-state index in [0.29, 0.717) is 18.2 Å². The fourth-order valence-electron chi connectivity index (χ4n) is 1.40. The van der Waals surface area contributed by atoms with Crippen molar-refractivity contribution in [3.8, 4) is 0 Å². The fraction of sp³-hybridized carbons (Fsp3) is 0.0909. The van der Waals surface area contributed by atoms with E-state index in [1.165, 1.54) is 0 Å². The van der Waals surface area contributed by atoms with Gasteiger partial charge in [0.2, 0.25) is 0 Å². The molecule has 1 heterocycles. The van der Waals surface area contributed by atoms with Crippen LogP contribution >= 0.6 is 0 Å². The predicted octanol–water partition coefficient (Wildman–Crippen LogP) is 2.01. The lowest BCUT2D eigenvalue weighted by atomic mass is 10.2. The van der Waals surface area contributed by atoms with Crippen molar-refractivity contribution in [1.82, 2.24) is 4.90 Å². The molecule has 2 rings (SSSR count). The summed E-state index contributed by atoms with van der Waals surface area (Å²) in [7, 11) is 0. The molecule has 1 aromatic rings. The van der Waals surface area contributed by atoms with Crippen LogP contribution < -0.4 is 0 Å². The number of nitrogens with zero attached hydrogens (tertiary/aromatic N) is 1. The summed E-state index contributed by atoms with van der Waals surface area (Å²) in [5, 5.41) is 15.2. The molecule has 0 spiro atoms. The van der Waals surface area contributed by atoms with E-state index in [1.54, 1.807) is 17.1 Å². The van der Waals surface area contributed by atoms with Crippen molar-refractivity contribution in [2.45, 2.75) is 6.54 Å². The first-order chi connectivity index (χ1) is 6.77. The molecule has 1 aliphatic rings. The van der Waals surface area contributed by atoms with E-state index in [9.17, 15) is 0 Å². The molecule has 3 heteroatoms. The molecule has 0 atom stereocenters. The Kier molecular flexibility index (Phi) is 2.14. The van der Waals surface area contributed by atoms with Gasteiger partial charge in [-0.05, 0) is 17.7 Å². The lowest BCUT2D eigenvalue weighted by Crippen LogP contribution is -2.28. The molecule has 2 N–H and O–H groups in total. The molecular formula is C11H11N3. The Bertz CT molecular complexity index is 374. The number of hydrogen-bond acceptors (Lipinski definition) is 2. The second-order valence-corrected chi connectivity index (χ2v) is 3.18. The third-order valence-corrected chi connectivity index (χ3v) is 2.16. The predicted molar refractivity (Wildman–Crippen MR) is 56.6 cm³/mol. The van der Waals surface area contributed by atoms with Gasteiger partial charge in [0.25, 0.3) is 0 Å². The summed E-state index contributed by atoms with van der Waals surface area (Å²) in [6.45, 7) is 0.603. The van der Waals surface area contributed by atoms with Crippen LogP contribution in [0.2, 0.25) is 0 Å². The van der Waals surface area contributed by atoms with Gasteiger partial charge in [-0.15, -0.1) is 0 Å². The summed E-state index contributed by atoms with van der Waals surface area (Å²) in [5.41, 5.74) is 1.12. The molecule has 3 nitrogen and oxygen atoms in total. The average Bonchev–Trinajstić information content (AvgIpc) is 2.51. The smallest absolute Gasteiger partial charge is 0.126 e. The summed E-state index contributed by atoms with van der Waals surface area (Å²) < 4.78 is 0. The van der Waals surface area contributed by atoms with Gasteiger partial charge in [-0.1, -0.05) is 30.3 Å². The Hall–Kier alpha value is -1.90. The molecule has 1 aromatic carbocycles. The van der Waals surface area contributed by atoms with E-state index in [4.69, 9.17) is 10.8 Å². The zero-order valence-electron chi connectivity index (χ0n) is 7.70. The number of benzene rings is 1. The van der Waals surface area contributed by atoms with Gasteiger partial charge in [-0.2, -0.15) is 0 Å². The van der Waals surface area contributed by atoms with Crippen molar-refractivity contribution < 1.29 is 0 Å². The van der Waals surface area contributed by atoms with Crippen molar-refractivity contribution >= 4 is 11.7 Å². The first-order valence-electron chi connectivity index (χ1n) is 4.44. The number of hydrogen-bond donors (Lipinski definition) is 2. The van der Waals surface area contributed by atoms with Gasteiger partial charge >= 0.3 is 0 Å².